The highest BCUT2D eigenvalue weighted by Crippen LogP contribution is 2.40. The van der Waals surface area contributed by atoms with Crippen molar-refractivity contribution in [2.75, 3.05) is 52.9 Å². The lowest BCUT2D eigenvalue weighted by molar-refractivity contribution is -0.138. The number of carbonyl (C=O) groups excluding carboxylic acids is 2. The van der Waals surface area contributed by atoms with E-state index in [1.54, 1.807) is 66.6 Å². The molecule has 0 radical (unpaired) electrons. The molecule has 0 unspecified atom stereocenters. The largest absolute Gasteiger partial charge is 0.422 e. The average molecular weight is 645 g/mol. The predicted octanol–water partition coefficient (Wildman–Crippen LogP) is 8.29. The van der Waals surface area contributed by atoms with Gasteiger partial charge in [-0.05, 0) is 59.7 Å². The second kappa shape index (κ2) is 12.3. The molecule has 12 heteroatoms. The molecule has 4 rings (SSSR count). The van der Waals surface area contributed by atoms with Crippen LogP contribution in [-0.2, 0) is 12.4 Å². The van der Waals surface area contributed by atoms with Crippen LogP contribution in [0.2, 0.25) is 0 Å². The number of rotatable bonds is 7. The van der Waals surface area contributed by atoms with Gasteiger partial charge in [0.05, 0.1) is 42.3 Å². The van der Waals surface area contributed by atoms with E-state index < -0.39 is 35.3 Å². The van der Waals surface area contributed by atoms with Gasteiger partial charge in [-0.2, -0.15) is 26.3 Å². The maximum Gasteiger partial charge on any atom is 0.422 e. The van der Waals surface area contributed by atoms with E-state index in [1.807, 2.05) is 0 Å². The van der Waals surface area contributed by atoms with Crippen LogP contribution in [0, 0.1) is 0 Å². The summed E-state index contributed by atoms with van der Waals surface area (Å²) in [5, 5.41) is 5.03. The van der Waals surface area contributed by atoms with Crippen LogP contribution in [-0.4, -0.2) is 54.1 Å². The predicted molar refractivity (Wildman–Crippen MR) is 170 cm³/mol. The van der Waals surface area contributed by atoms with Crippen molar-refractivity contribution in [3.63, 3.8) is 0 Å². The van der Waals surface area contributed by atoms with E-state index in [4.69, 9.17) is 0 Å². The summed E-state index contributed by atoms with van der Waals surface area (Å²) in [7, 11) is 9.72. The summed E-state index contributed by atoms with van der Waals surface area (Å²) in [5.74, 6) is -1.18. The molecule has 0 aliphatic carbocycles. The van der Waals surface area contributed by atoms with E-state index in [2.05, 4.69) is 10.6 Å². The number of hydrogen-bond acceptors (Lipinski definition) is 2. The first kappa shape index (κ1) is 34.2. The van der Waals surface area contributed by atoms with Crippen molar-refractivity contribution in [3.8, 4) is 11.1 Å². The molecular formula is C34H34F6N4O2+2. The minimum Gasteiger partial charge on any atom is -0.322 e. The average Bonchev–Trinajstić information content (AvgIpc) is 2.95. The molecule has 2 N–H and O–H groups in total. The Labute approximate surface area is 263 Å². The molecule has 0 aliphatic heterocycles. The van der Waals surface area contributed by atoms with Gasteiger partial charge in [-0.15, -0.1) is 0 Å². The zero-order chi connectivity index (χ0) is 34.2. The van der Waals surface area contributed by atoms with Crippen LogP contribution in [0.1, 0.15) is 31.8 Å². The van der Waals surface area contributed by atoms with Gasteiger partial charge in [0.2, 0.25) is 0 Å². The molecule has 0 atom stereocenters. The minimum absolute atomic E-state index is 0.00593. The number of quaternary nitrogens is 2. The number of benzene rings is 4. The summed E-state index contributed by atoms with van der Waals surface area (Å²) in [4.78, 5) is 25.6. The summed E-state index contributed by atoms with van der Waals surface area (Å²) < 4.78 is 82.2. The maximum atomic E-state index is 13.7. The Bertz CT molecular complexity index is 1620. The van der Waals surface area contributed by atoms with Crippen LogP contribution < -0.4 is 19.6 Å². The van der Waals surface area contributed by atoms with Crippen molar-refractivity contribution in [2.24, 2.45) is 0 Å². The first-order valence-electron chi connectivity index (χ1n) is 14.0. The second-order valence-corrected chi connectivity index (χ2v) is 12.5. The van der Waals surface area contributed by atoms with Gasteiger partial charge in [0.25, 0.3) is 11.8 Å². The zero-order valence-electron chi connectivity index (χ0n) is 26.1. The van der Waals surface area contributed by atoms with Gasteiger partial charge in [0.1, 0.15) is 22.5 Å². The molecule has 2 amide bonds. The highest BCUT2D eigenvalue weighted by Gasteiger charge is 2.39. The Hall–Kier alpha value is -4.68. The molecule has 4 aromatic carbocycles. The van der Waals surface area contributed by atoms with E-state index in [9.17, 15) is 35.9 Å². The Balaban J connectivity index is 1.46. The second-order valence-electron chi connectivity index (χ2n) is 12.5. The van der Waals surface area contributed by atoms with Gasteiger partial charge in [-0.3, -0.25) is 18.6 Å². The third-order valence-electron chi connectivity index (χ3n) is 7.19. The normalized spacial score (nSPS) is 12.5. The number of alkyl halides is 6. The van der Waals surface area contributed by atoms with Crippen LogP contribution in [0.3, 0.4) is 0 Å². The molecule has 242 valence electrons. The van der Waals surface area contributed by atoms with Crippen LogP contribution in [0.4, 0.5) is 49.1 Å². The Kier molecular flexibility index (Phi) is 9.11. The van der Waals surface area contributed by atoms with Crippen LogP contribution >= 0.6 is 0 Å². The number of anilines is 2. The molecular weight excluding hydrogens is 610 g/mol. The highest BCUT2D eigenvalue weighted by atomic mass is 19.4. The van der Waals surface area contributed by atoms with Gasteiger partial charge >= 0.3 is 12.4 Å². The molecule has 0 fully saturated rings. The van der Waals surface area contributed by atoms with E-state index in [1.165, 1.54) is 48.5 Å². The molecule has 0 saturated carbocycles. The lowest BCUT2D eigenvalue weighted by Gasteiger charge is -2.27. The quantitative estimate of drug-likeness (QED) is 0.157. The van der Waals surface area contributed by atoms with Crippen molar-refractivity contribution in [1.29, 1.82) is 0 Å². The minimum atomic E-state index is -4.60. The third kappa shape index (κ3) is 7.93. The van der Waals surface area contributed by atoms with Crippen LogP contribution in [0.5, 0.6) is 0 Å². The monoisotopic (exact) mass is 644 g/mol. The maximum absolute atomic E-state index is 13.7. The summed E-state index contributed by atoms with van der Waals surface area (Å²) in [5.41, 5.74) is 0.283. The zero-order valence-corrected chi connectivity index (χ0v) is 26.1. The van der Waals surface area contributed by atoms with E-state index in [0.717, 1.165) is 12.1 Å². The van der Waals surface area contributed by atoms with E-state index >= 15 is 0 Å². The van der Waals surface area contributed by atoms with Gasteiger partial charge < -0.3 is 10.6 Å². The van der Waals surface area contributed by atoms with Gasteiger partial charge in [0.15, 0.2) is 0 Å². The molecule has 6 nitrogen and oxygen atoms in total. The number of nitrogens with zero attached hydrogens (tertiary/aromatic N) is 2. The topological polar surface area (TPSA) is 58.2 Å². The number of nitrogens with one attached hydrogen (secondary N) is 2. The smallest absolute Gasteiger partial charge is 0.322 e. The summed E-state index contributed by atoms with van der Waals surface area (Å²) in [6, 6.07) is 20.1. The molecule has 0 bridgehead atoms. The number of halogens is 6. The van der Waals surface area contributed by atoms with Gasteiger partial charge in [-0.25, -0.2) is 0 Å². The number of carbonyl (C=O) groups is 2. The van der Waals surface area contributed by atoms with Crippen LogP contribution in [0.25, 0.3) is 11.1 Å². The van der Waals surface area contributed by atoms with Crippen LogP contribution in [0.15, 0.2) is 84.9 Å². The molecule has 4 aromatic rings. The first-order valence-corrected chi connectivity index (χ1v) is 14.0. The molecule has 0 aliphatic rings. The lowest BCUT2D eigenvalue weighted by atomic mass is 10.0. The Morgan fingerprint density at radius 2 is 0.804 bits per heavy atom. The van der Waals surface area contributed by atoms with E-state index in [-0.39, 0.29) is 42.8 Å². The summed E-state index contributed by atoms with van der Waals surface area (Å²) in [6.07, 6.45) is -9.21. The standard InChI is InChI=1S/C34H32F6N4O2/c1-43(2,3)29-17-15-25(19-27(29)33(35,36)37)41-31(45)23-11-7-21(8-12-23)22-9-13-24(14-10-22)32(46)42-26-16-18-30(44(4,5)6)28(20-26)34(38,39)40/h7-20H,1-6H3/p+2. The number of hydrogen-bond donors (Lipinski definition) is 2. The Morgan fingerprint density at radius 1 is 0.500 bits per heavy atom. The molecule has 0 heterocycles. The SMILES string of the molecule is C[N+](C)(C)c1ccc(NC(=O)c2ccc(-c3ccc(C(=O)Nc4ccc([N+](C)(C)C)c(C(F)(F)F)c4)cc3)cc2)cc1C(F)(F)F. The van der Waals surface area contributed by atoms with Gasteiger partial charge in [-0.1, -0.05) is 24.3 Å². The fourth-order valence-corrected chi connectivity index (χ4v) is 4.89. The molecule has 0 saturated heterocycles. The lowest BCUT2D eigenvalue weighted by Crippen LogP contribution is -2.36. The van der Waals surface area contributed by atoms with Crippen molar-refractivity contribution in [2.45, 2.75) is 12.4 Å². The van der Waals surface area contributed by atoms with Crippen molar-refractivity contribution in [3.05, 3.63) is 107 Å². The van der Waals surface area contributed by atoms with E-state index in [0.29, 0.717) is 11.1 Å². The molecule has 0 aromatic heterocycles. The Morgan fingerprint density at radius 3 is 1.07 bits per heavy atom. The molecule has 46 heavy (non-hydrogen) atoms. The number of amides is 2. The first-order chi connectivity index (χ1) is 21.1. The van der Waals surface area contributed by atoms with Crippen molar-refractivity contribution in [1.82, 2.24) is 8.97 Å². The van der Waals surface area contributed by atoms with Crippen molar-refractivity contribution >= 4 is 34.6 Å². The van der Waals surface area contributed by atoms with Gasteiger partial charge in [0, 0.05) is 34.6 Å². The third-order valence-corrected chi connectivity index (χ3v) is 7.19. The molecule has 0 spiro atoms. The van der Waals surface area contributed by atoms with Crippen molar-refractivity contribution < 1.29 is 35.9 Å². The fraction of sp³-hybridized carbons (Fsp3) is 0.235. The highest BCUT2D eigenvalue weighted by molar-refractivity contribution is 6.05. The fourth-order valence-electron chi connectivity index (χ4n) is 4.89. The summed E-state index contributed by atoms with van der Waals surface area (Å²) in [6.45, 7) is 0. The summed E-state index contributed by atoms with van der Waals surface area (Å²) >= 11 is 0.